The van der Waals surface area contributed by atoms with E-state index in [1.165, 1.54) is 11.4 Å². The highest BCUT2D eigenvalue weighted by Crippen LogP contribution is 2.22. The third-order valence-corrected chi connectivity index (χ3v) is 5.25. The summed E-state index contributed by atoms with van der Waals surface area (Å²) in [6.07, 6.45) is 0.997. The van der Waals surface area contributed by atoms with E-state index in [0.717, 1.165) is 17.5 Å². The molecule has 1 amide bonds. The lowest BCUT2D eigenvalue weighted by Gasteiger charge is -2.20. The Morgan fingerprint density at radius 2 is 1.77 bits per heavy atom. The van der Waals surface area contributed by atoms with Crippen molar-refractivity contribution in [3.63, 3.8) is 0 Å². The molecule has 7 heteroatoms. The van der Waals surface area contributed by atoms with Crippen LogP contribution in [-0.2, 0) is 14.8 Å². The summed E-state index contributed by atoms with van der Waals surface area (Å²) >= 11 is 0. The van der Waals surface area contributed by atoms with Crippen molar-refractivity contribution in [2.45, 2.75) is 26.4 Å². The number of anilines is 2. The molecule has 0 aliphatic rings. The van der Waals surface area contributed by atoms with Crippen molar-refractivity contribution in [1.29, 1.82) is 0 Å². The van der Waals surface area contributed by atoms with Crippen molar-refractivity contribution in [2.24, 2.45) is 0 Å². The van der Waals surface area contributed by atoms with E-state index in [2.05, 4.69) is 5.32 Å². The minimum atomic E-state index is -3.32. The van der Waals surface area contributed by atoms with Gasteiger partial charge >= 0.3 is 0 Å². The number of benzene rings is 2. The highest BCUT2D eigenvalue weighted by atomic mass is 32.2. The van der Waals surface area contributed by atoms with Gasteiger partial charge in [-0.1, -0.05) is 25.1 Å². The predicted octanol–water partition coefficient (Wildman–Crippen LogP) is 3.19. The fourth-order valence-electron chi connectivity index (χ4n) is 2.34. The number of rotatable bonds is 7. The van der Waals surface area contributed by atoms with Gasteiger partial charge in [-0.15, -0.1) is 0 Å². The first-order chi connectivity index (χ1) is 12.2. The summed E-state index contributed by atoms with van der Waals surface area (Å²) in [4.78, 5) is 12.5. The summed E-state index contributed by atoms with van der Waals surface area (Å²) in [5, 5.41) is 2.88. The van der Waals surface area contributed by atoms with E-state index < -0.39 is 16.1 Å². The summed E-state index contributed by atoms with van der Waals surface area (Å²) in [6, 6.07) is 14.1. The third-order valence-electron chi connectivity index (χ3n) is 4.04. The van der Waals surface area contributed by atoms with E-state index in [1.54, 1.807) is 24.3 Å². The van der Waals surface area contributed by atoms with Crippen molar-refractivity contribution in [3.05, 3.63) is 54.1 Å². The molecular formula is C19H24N2O4S. The molecule has 0 spiro atoms. The summed E-state index contributed by atoms with van der Waals surface area (Å²) in [5.74, 6) is 0.279. The minimum Gasteiger partial charge on any atom is -0.481 e. The lowest BCUT2D eigenvalue weighted by atomic mass is 10.2. The number of aryl methyl sites for hydroxylation is 1. The molecule has 0 heterocycles. The highest BCUT2D eigenvalue weighted by molar-refractivity contribution is 7.92. The SMILES string of the molecule is CCC(Oc1ccc(N(C)S(C)(=O)=O)cc1)C(=O)Nc1ccccc1C. The quantitative estimate of drug-likeness (QED) is 0.805. The number of para-hydroxylation sites is 1. The lowest BCUT2D eigenvalue weighted by Crippen LogP contribution is -2.32. The standard InChI is InChI=1S/C19H24N2O4S/c1-5-18(19(22)20-17-9-7-6-8-14(17)2)25-16-12-10-15(11-13-16)21(3)26(4,23)24/h6-13,18H,5H2,1-4H3,(H,20,22). The first kappa shape index (κ1) is 19.8. The van der Waals surface area contributed by atoms with Crippen LogP contribution in [0.25, 0.3) is 0 Å². The molecule has 1 atom stereocenters. The molecule has 2 rings (SSSR count). The van der Waals surface area contributed by atoms with E-state index in [0.29, 0.717) is 17.9 Å². The molecular weight excluding hydrogens is 352 g/mol. The Morgan fingerprint density at radius 1 is 1.15 bits per heavy atom. The molecule has 140 valence electrons. The maximum atomic E-state index is 12.5. The molecule has 0 saturated heterocycles. The smallest absolute Gasteiger partial charge is 0.265 e. The van der Waals surface area contributed by atoms with Crippen molar-refractivity contribution in [2.75, 3.05) is 22.9 Å². The Kier molecular flexibility index (Phi) is 6.26. The Bertz CT molecular complexity index is 863. The summed E-state index contributed by atoms with van der Waals surface area (Å²) < 4.78 is 30.1. The van der Waals surface area contributed by atoms with E-state index in [1.807, 2.05) is 38.1 Å². The highest BCUT2D eigenvalue weighted by Gasteiger charge is 2.19. The van der Waals surface area contributed by atoms with Gasteiger partial charge in [0.25, 0.3) is 5.91 Å². The van der Waals surface area contributed by atoms with Crippen LogP contribution in [0.5, 0.6) is 5.75 Å². The molecule has 2 aromatic carbocycles. The molecule has 1 N–H and O–H groups in total. The monoisotopic (exact) mass is 376 g/mol. The number of nitrogens with one attached hydrogen (secondary N) is 1. The first-order valence-corrected chi connectivity index (χ1v) is 10.1. The normalized spacial score (nSPS) is 12.3. The molecule has 0 aromatic heterocycles. The van der Waals surface area contributed by atoms with Gasteiger partial charge in [0.1, 0.15) is 5.75 Å². The maximum absolute atomic E-state index is 12.5. The van der Waals surface area contributed by atoms with Crippen molar-refractivity contribution < 1.29 is 17.9 Å². The van der Waals surface area contributed by atoms with Gasteiger partial charge in [-0.2, -0.15) is 0 Å². The van der Waals surface area contributed by atoms with Crippen LogP contribution in [0.4, 0.5) is 11.4 Å². The van der Waals surface area contributed by atoms with Crippen LogP contribution >= 0.6 is 0 Å². The number of carbonyl (C=O) groups excluding carboxylic acids is 1. The van der Waals surface area contributed by atoms with Gasteiger partial charge in [-0.3, -0.25) is 9.10 Å². The van der Waals surface area contributed by atoms with Gasteiger partial charge in [0.15, 0.2) is 6.10 Å². The van der Waals surface area contributed by atoms with Crippen molar-refractivity contribution in [3.8, 4) is 5.75 Å². The number of amides is 1. The predicted molar refractivity (Wildman–Crippen MR) is 104 cm³/mol. The molecule has 0 saturated carbocycles. The summed E-state index contributed by atoms with van der Waals surface area (Å²) in [5.41, 5.74) is 2.26. The van der Waals surface area contributed by atoms with E-state index in [-0.39, 0.29) is 5.91 Å². The molecule has 26 heavy (non-hydrogen) atoms. The van der Waals surface area contributed by atoms with Gasteiger partial charge in [-0.25, -0.2) is 8.42 Å². The van der Waals surface area contributed by atoms with Gasteiger partial charge in [0, 0.05) is 12.7 Å². The van der Waals surface area contributed by atoms with Crippen LogP contribution in [0.2, 0.25) is 0 Å². The Labute approximate surface area is 154 Å². The Hall–Kier alpha value is -2.54. The zero-order valence-electron chi connectivity index (χ0n) is 15.4. The summed E-state index contributed by atoms with van der Waals surface area (Å²) in [7, 11) is -1.84. The number of carbonyl (C=O) groups is 1. The van der Waals surface area contributed by atoms with Gasteiger partial charge < -0.3 is 10.1 Å². The number of sulfonamides is 1. The molecule has 6 nitrogen and oxygen atoms in total. The molecule has 1 unspecified atom stereocenters. The summed E-state index contributed by atoms with van der Waals surface area (Å²) in [6.45, 7) is 3.79. The molecule has 0 aliphatic heterocycles. The van der Waals surface area contributed by atoms with Crippen LogP contribution in [0.3, 0.4) is 0 Å². The largest absolute Gasteiger partial charge is 0.481 e. The zero-order valence-corrected chi connectivity index (χ0v) is 16.2. The van der Waals surface area contributed by atoms with Gasteiger partial charge in [-0.05, 0) is 49.2 Å². The lowest BCUT2D eigenvalue weighted by molar-refractivity contribution is -0.122. The number of ether oxygens (including phenoxy) is 1. The Morgan fingerprint density at radius 3 is 2.31 bits per heavy atom. The zero-order chi connectivity index (χ0) is 19.3. The minimum absolute atomic E-state index is 0.223. The molecule has 0 fully saturated rings. The first-order valence-electron chi connectivity index (χ1n) is 8.29. The van der Waals surface area contributed by atoms with Crippen LogP contribution in [0, 0.1) is 6.92 Å². The number of hydrogen-bond donors (Lipinski definition) is 1. The number of nitrogens with zero attached hydrogens (tertiary/aromatic N) is 1. The van der Waals surface area contributed by atoms with E-state index >= 15 is 0 Å². The topological polar surface area (TPSA) is 75.7 Å². The molecule has 0 aliphatic carbocycles. The fourth-order valence-corrected chi connectivity index (χ4v) is 2.84. The number of hydrogen-bond acceptors (Lipinski definition) is 4. The third kappa shape index (κ3) is 4.98. The average molecular weight is 376 g/mol. The van der Waals surface area contributed by atoms with E-state index in [9.17, 15) is 13.2 Å². The second kappa shape index (κ2) is 8.23. The van der Waals surface area contributed by atoms with Crippen molar-refractivity contribution in [1.82, 2.24) is 0 Å². The van der Waals surface area contributed by atoms with Crippen LogP contribution in [0.15, 0.2) is 48.5 Å². The van der Waals surface area contributed by atoms with Crippen molar-refractivity contribution >= 4 is 27.3 Å². The van der Waals surface area contributed by atoms with Crippen LogP contribution < -0.4 is 14.4 Å². The molecule has 2 aromatic rings. The molecule has 0 radical (unpaired) electrons. The van der Waals surface area contributed by atoms with Gasteiger partial charge in [0.2, 0.25) is 10.0 Å². The fraction of sp³-hybridized carbons (Fsp3) is 0.316. The van der Waals surface area contributed by atoms with Crippen LogP contribution in [0.1, 0.15) is 18.9 Å². The maximum Gasteiger partial charge on any atom is 0.265 e. The Balaban J connectivity index is 2.07. The second-order valence-electron chi connectivity index (χ2n) is 6.04. The molecule has 0 bridgehead atoms. The van der Waals surface area contributed by atoms with E-state index in [4.69, 9.17) is 4.74 Å². The van der Waals surface area contributed by atoms with Crippen LogP contribution in [-0.4, -0.2) is 33.7 Å². The average Bonchev–Trinajstić information content (AvgIpc) is 2.60. The van der Waals surface area contributed by atoms with Gasteiger partial charge in [0.05, 0.1) is 11.9 Å². The second-order valence-corrected chi connectivity index (χ2v) is 8.06.